The Hall–Kier alpha value is -2.27. The molecular weight excluding hydrogens is 348 g/mol. The zero-order chi connectivity index (χ0) is 15.5. The van der Waals surface area contributed by atoms with Crippen molar-refractivity contribution < 1.29 is 13.9 Å². The molecule has 3 aromatic rings. The Labute approximate surface area is 135 Å². The largest absolute Gasteiger partial charge is 0.494 e. The minimum absolute atomic E-state index is 0.142. The standard InChI is InChI=1S/C17H13BrO4/c1-2-20-11-7-8-12-15(9-11)21-10-16(17(12)19)22-14-6-4-3-5-13(14)18/h3-10H,2H2,1H3. The van der Waals surface area contributed by atoms with Crippen LogP contribution in [0.3, 0.4) is 0 Å². The highest BCUT2D eigenvalue weighted by Crippen LogP contribution is 2.29. The van der Waals surface area contributed by atoms with E-state index in [1.54, 1.807) is 24.3 Å². The van der Waals surface area contributed by atoms with Gasteiger partial charge in [0, 0.05) is 6.07 Å². The number of benzene rings is 2. The van der Waals surface area contributed by atoms with E-state index in [-0.39, 0.29) is 11.2 Å². The summed E-state index contributed by atoms with van der Waals surface area (Å²) in [7, 11) is 0. The predicted molar refractivity (Wildman–Crippen MR) is 87.9 cm³/mol. The van der Waals surface area contributed by atoms with E-state index in [4.69, 9.17) is 13.9 Å². The molecule has 0 amide bonds. The molecule has 2 aromatic carbocycles. The van der Waals surface area contributed by atoms with Crippen LogP contribution in [0, 0.1) is 0 Å². The molecule has 0 saturated carbocycles. The van der Waals surface area contributed by atoms with Crippen LogP contribution in [0.4, 0.5) is 0 Å². The fourth-order valence-electron chi connectivity index (χ4n) is 2.06. The molecule has 0 bridgehead atoms. The van der Waals surface area contributed by atoms with E-state index < -0.39 is 0 Å². The third-order valence-electron chi connectivity index (χ3n) is 3.08. The molecule has 0 atom stereocenters. The lowest BCUT2D eigenvalue weighted by Crippen LogP contribution is -2.05. The van der Waals surface area contributed by atoms with Crippen LogP contribution >= 0.6 is 15.9 Å². The van der Waals surface area contributed by atoms with Gasteiger partial charge >= 0.3 is 0 Å². The van der Waals surface area contributed by atoms with Gasteiger partial charge in [-0.2, -0.15) is 0 Å². The fraction of sp³-hybridized carbons (Fsp3) is 0.118. The predicted octanol–water partition coefficient (Wildman–Crippen LogP) is 4.75. The van der Waals surface area contributed by atoms with Crippen LogP contribution in [0.5, 0.6) is 17.2 Å². The first kappa shape index (κ1) is 14.7. The second kappa shape index (κ2) is 6.23. The number of rotatable bonds is 4. The summed E-state index contributed by atoms with van der Waals surface area (Å²) in [6, 6.07) is 12.4. The summed E-state index contributed by atoms with van der Waals surface area (Å²) in [5.74, 6) is 1.36. The summed E-state index contributed by atoms with van der Waals surface area (Å²) in [5, 5.41) is 0.452. The normalized spacial score (nSPS) is 10.6. The van der Waals surface area contributed by atoms with E-state index in [0.29, 0.717) is 29.1 Å². The zero-order valence-electron chi connectivity index (χ0n) is 11.8. The molecule has 1 aromatic heterocycles. The van der Waals surface area contributed by atoms with Crippen LogP contribution in [0.25, 0.3) is 11.0 Å². The van der Waals surface area contributed by atoms with Gasteiger partial charge in [0.25, 0.3) is 0 Å². The lowest BCUT2D eigenvalue weighted by atomic mass is 10.2. The van der Waals surface area contributed by atoms with Crippen molar-refractivity contribution in [1.29, 1.82) is 0 Å². The van der Waals surface area contributed by atoms with Crippen molar-refractivity contribution in [2.24, 2.45) is 0 Å². The number of hydrogen-bond donors (Lipinski definition) is 0. The van der Waals surface area contributed by atoms with E-state index in [1.807, 2.05) is 25.1 Å². The van der Waals surface area contributed by atoms with Crippen LogP contribution in [0.2, 0.25) is 0 Å². The molecule has 1 heterocycles. The minimum Gasteiger partial charge on any atom is -0.494 e. The quantitative estimate of drug-likeness (QED) is 0.673. The van der Waals surface area contributed by atoms with Crippen molar-refractivity contribution in [3.63, 3.8) is 0 Å². The van der Waals surface area contributed by atoms with Crippen molar-refractivity contribution in [3.05, 3.63) is 63.4 Å². The molecule has 0 radical (unpaired) electrons. The van der Waals surface area contributed by atoms with Crippen molar-refractivity contribution >= 4 is 26.9 Å². The first-order valence-electron chi connectivity index (χ1n) is 6.80. The van der Waals surface area contributed by atoms with Crippen molar-refractivity contribution in [2.45, 2.75) is 6.92 Å². The maximum absolute atomic E-state index is 12.5. The van der Waals surface area contributed by atoms with Gasteiger partial charge in [0.15, 0.2) is 0 Å². The highest BCUT2D eigenvalue weighted by molar-refractivity contribution is 9.10. The molecule has 0 saturated heterocycles. The Balaban J connectivity index is 2.02. The number of ether oxygens (including phenoxy) is 2. The van der Waals surface area contributed by atoms with E-state index in [1.165, 1.54) is 6.26 Å². The lowest BCUT2D eigenvalue weighted by Gasteiger charge is -2.08. The van der Waals surface area contributed by atoms with Gasteiger partial charge in [-0.1, -0.05) is 12.1 Å². The van der Waals surface area contributed by atoms with Crippen LogP contribution in [0.15, 0.2) is 62.4 Å². The third kappa shape index (κ3) is 2.85. The van der Waals surface area contributed by atoms with Gasteiger partial charge in [0.1, 0.15) is 23.3 Å². The summed E-state index contributed by atoms with van der Waals surface area (Å²) in [6.45, 7) is 2.45. The van der Waals surface area contributed by atoms with Crippen LogP contribution < -0.4 is 14.9 Å². The first-order valence-corrected chi connectivity index (χ1v) is 7.59. The molecule has 0 spiro atoms. The SMILES string of the molecule is CCOc1ccc2c(=O)c(Oc3ccccc3Br)coc2c1. The fourth-order valence-corrected chi connectivity index (χ4v) is 2.43. The molecule has 0 aliphatic carbocycles. The number of hydrogen-bond acceptors (Lipinski definition) is 4. The monoisotopic (exact) mass is 360 g/mol. The van der Waals surface area contributed by atoms with Crippen molar-refractivity contribution in [2.75, 3.05) is 6.61 Å². The molecule has 0 aliphatic rings. The Bertz CT molecular complexity index is 870. The highest BCUT2D eigenvalue weighted by atomic mass is 79.9. The molecule has 0 aliphatic heterocycles. The zero-order valence-corrected chi connectivity index (χ0v) is 13.4. The second-order valence-electron chi connectivity index (χ2n) is 4.55. The Morgan fingerprint density at radius 1 is 1.14 bits per heavy atom. The molecule has 22 heavy (non-hydrogen) atoms. The van der Waals surface area contributed by atoms with Gasteiger partial charge in [-0.3, -0.25) is 4.79 Å². The summed E-state index contributed by atoms with van der Waals surface area (Å²) >= 11 is 3.38. The average molecular weight is 361 g/mol. The van der Waals surface area contributed by atoms with Crippen LogP contribution in [-0.4, -0.2) is 6.61 Å². The van der Waals surface area contributed by atoms with Gasteiger partial charge in [-0.25, -0.2) is 0 Å². The van der Waals surface area contributed by atoms with Gasteiger partial charge in [0.05, 0.1) is 16.5 Å². The summed E-state index contributed by atoms with van der Waals surface area (Å²) < 4.78 is 17.3. The molecule has 112 valence electrons. The van der Waals surface area contributed by atoms with Crippen LogP contribution in [0.1, 0.15) is 6.92 Å². The van der Waals surface area contributed by atoms with Crippen molar-refractivity contribution in [3.8, 4) is 17.2 Å². The lowest BCUT2D eigenvalue weighted by molar-refractivity contribution is 0.340. The van der Waals surface area contributed by atoms with Gasteiger partial charge in [-0.05, 0) is 47.1 Å². The van der Waals surface area contributed by atoms with E-state index in [0.717, 1.165) is 4.47 Å². The maximum atomic E-state index is 12.5. The summed E-state index contributed by atoms with van der Waals surface area (Å²) in [6.07, 6.45) is 1.32. The Morgan fingerprint density at radius 3 is 2.73 bits per heavy atom. The number of fused-ring (bicyclic) bond motifs is 1. The topological polar surface area (TPSA) is 48.7 Å². The number of para-hydroxylation sites is 1. The minimum atomic E-state index is -0.222. The number of halogens is 1. The molecule has 0 fully saturated rings. The maximum Gasteiger partial charge on any atom is 0.235 e. The van der Waals surface area contributed by atoms with Crippen LogP contribution in [-0.2, 0) is 0 Å². The molecule has 0 N–H and O–H groups in total. The average Bonchev–Trinajstić information content (AvgIpc) is 2.52. The summed E-state index contributed by atoms with van der Waals surface area (Å²) in [5.41, 5.74) is 0.246. The first-order chi connectivity index (χ1) is 10.7. The molecule has 0 unspecified atom stereocenters. The van der Waals surface area contributed by atoms with E-state index >= 15 is 0 Å². The van der Waals surface area contributed by atoms with Gasteiger partial charge in [0.2, 0.25) is 11.2 Å². The molecule has 4 nitrogen and oxygen atoms in total. The molecule has 5 heteroatoms. The van der Waals surface area contributed by atoms with Gasteiger partial charge in [-0.15, -0.1) is 0 Å². The molecular formula is C17H13BrO4. The molecule has 3 rings (SSSR count). The Morgan fingerprint density at radius 2 is 1.95 bits per heavy atom. The smallest absolute Gasteiger partial charge is 0.235 e. The highest BCUT2D eigenvalue weighted by Gasteiger charge is 2.11. The van der Waals surface area contributed by atoms with E-state index in [2.05, 4.69) is 15.9 Å². The van der Waals surface area contributed by atoms with E-state index in [9.17, 15) is 4.79 Å². The second-order valence-corrected chi connectivity index (χ2v) is 5.41. The van der Waals surface area contributed by atoms with Gasteiger partial charge < -0.3 is 13.9 Å². The Kier molecular flexibility index (Phi) is 4.15. The third-order valence-corrected chi connectivity index (χ3v) is 3.74. The van der Waals surface area contributed by atoms with Crippen molar-refractivity contribution in [1.82, 2.24) is 0 Å². The summed E-state index contributed by atoms with van der Waals surface area (Å²) in [4.78, 5) is 12.5.